The molecule has 0 aromatic rings. The molecule has 0 aromatic carbocycles. The largest absolute Gasteiger partial charge is 0.463 e. The summed E-state index contributed by atoms with van der Waals surface area (Å²) in [5, 5.41) is 0. The van der Waals surface area contributed by atoms with Crippen LogP contribution >= 0.6 is 11.8 Å². The Morgan fingerprint density at radius 2 is 1.26 bits per heavy atom. The highest BCUT2D eigenvalue weighted by Crippen LogP contribution is 2.08. The Bertz CT molecular complexity index is 242. The SMILES string of the molecule is CCC(C)OC(=O)CCSCCC(=O)OC(C)CC. The van der Waals surface area contributed by atoms with Crippen LogP contribution in [0.4, 0.5) is 0 Å². The highest BCUT2D eigenvalue weighted by atomic mass is 32.2. The minimum absolute atomic E-state index is 0.0111. The Hall–Kier alpha value is -0.710. The number of esters is 2. The summed E-state index contributed by atoms with van der Waals surface area (Å²) in [5.41, 5.74) is 0. The highest BCUT2D eigenvalue weighted by molar-refractivity contribution is 7.99. The van der Waals surface area contributed by atoms with Crippen molar-refractivity contribution in [3.63, 3.8) is 0 Å². The first-order valence-corrected chi connectivity index (χ1v) is 8.11. The topological polar surface area (TPSA) is 52.6 Å². The van der Waals surface area contributed by atoms with Gasteiger partial charge in [0.2, 0.25) is 0 Å². The smallest absolute Gasteiger partial charge is 0.306 e. The summed E-state index contributed by atoms with van der Waals surface area (Å²) in [6, 6.07) is 0. The standard InChI is InChI=1S/C14H26O4S/c1-5-11(3)17-13(15)7-9-19-10-8-14(16)18-12(4)6-2/h11-12H,5-10H2,1-4H3. The van der Waals surface area contributed by atoms with Gasteiger partial charge in [0.25, 0.3) is 0 Å². The second kappa shape index (κ2) is 11.1. The third kappa shape index (κ3) is 10.9. The molecule has 4 nitrogen and oxygen atoms in total. The molecule has 0 N–H and O–H groups in total. The summed E-state index contributed by atoms with van der Waals surface area (Å²) in [7, 11) is 0. The van der Waals surface area contributed by atoms with Crippen LogP contribution in [0.2, 0.25) is 0 Å². The van der Waals surface area contributed by atoms with E-state index in [0.29, 0.717) is 24.3 Å². The lowest BCUT2D eigenvalue weighted by Gasteiger charge is -2.11. The Morgan fingerprint density at radius 3 is 1.58 bits per heavy atom. The van der Waals surface area contributed by atoms with Gasteiger partial charge in [0.15, 0.2) is 0 Å². The number of ether oxygens (including phenoxy) is 2. The highest BCUT2D eigenvalue weighted by Gasteiger charge is 2.09. The Morgan fingerprint density at radius 1 is 0.895 bits per heavy atom. The van der Waals surface area contributed by atoms with Crippen LogP contribution in [0.3, 0.4) is 0 Å². The van der Waals surface area contributed by atoms with Crippen LogP contribution in [0, 0.1) is 0 Å². The van der Waals surface area contributed by atoms with Gasteiger partial charge in [0, 0.05) is 11.5 Å². The summed E-state index contributed by atoms with van der Waals surface area (Å²) in [5.74, 6) is 1.05. The van der Waals surface area contributed by atoms with E-state index in [-0.39, 0.29) is 24.1 Å². The van der Waals surface area contributed by atoms with Gasteiger partial charge in [-0.2, -0.15) is 11.8 Å². The van der Waals surface area contributed by atoms with Gasteiger partial charge in [-0.25, -0.2) is 0 Å². The lowest BCUT2D eigenvalue weighted by atomic mass is 10.3. The van der Waals surface area contributed by atoms with Crippen molar-refractivity contribution < 1.29 is 19.1 Å². The Kier molecular flexibility index (Phi) is 10.7. The molecular weight excluding hydrogens is 264 g/mol. The van der Waals surface area contributed by atoms with Crippen molar-refractivity contribution in [2.75, 3.05) is 11.5 Å². The number of carbonyl (C=O) groups is 2. The first-order chi connectivity index (χ1) is 8.99. The molecule has 0 saturated carbocycles. The molecule has 0 bridgehead atoms. The van der Waals surface area contributed by atoms with Gasteiger partial charge in [-0.1, -0.05) is 13.8 Å². The van der Waals surface area contributed by atoms with Crippen molar-refractivity contribution in [3.05, 3.63) is 0 Å². The van der Waals surface area contributed by atoms with Crippen LogP contribution in [0.5, 0.6) is 0 Å². The molecule has 2 atom stereocenters. The molecule has 0 rings (SSSR count). The summed E-state index contributed by atoms with van der Waals surface area (Å²) in [6.07, 6.45) is 2.44. The van der Waals surface area contributed by atoms with Crippen molar-refractivity contribution >= 4 is 23.7 Å². The average Bonchev–Trinajstić information content (AvgIpc) is 2.37. The first kappa shape index (κ1) is 18.3. The molecule has 5 heteroatoms. The van der Waals surface area contributed by atoms with Crippen molar-refractivity contribution in [2.24, 2.45) is 0 Å². The molecule has 112 valence electrons. The normalized spacial score (nSPS) is 13.7. The summed E-state index contributed by atoms with van der Waals surface area (Å²) < 4.78 is 10.3. The van der Waals surface area contributed by atoms with Crippen LogP contribution in [0.1, 0.15) is 53.4 Å². The number of thioether (sulfide) groups is 1. The predicted octanol–water partition coefficient (Wildman–Crippen LogP) is 3.18. The van der Waals surface area contributed by atoms with E-state index in [9.17, 15) is 9.59 Å². The lowest BCUT2D eigenvalue weighted by Crippen LogP contribution is -2.15. The van der Waals surface area contributed by atoms with E-state index < -0.39 is 0 Å². The third-order valence-electron chi connectivity index (χ3n) is 2.72. The molecule has 0 radical (unpaired) electrons. The quantitative estimate of drug-likeness (QED) is 0.457. The molecule has 0 heterocycles. The summed E-state index contributed by atoms with van der Waals surface area (Å²) in [4.78, 5) is 22.7. The van der Waals surface area contributed by atoms with Crippen molar-refractivity contribution in [1.82, 2.24) is 0 Å². The first-order valence-electron chi connectivity index (χ1n) is 6.96. The molecule has 19 heavy (non-hydrogen) atoms. The lowest BCUT2D eigenvalue weighted by molar-refractivity contribution is -0.148. The minimum Gasteiger partial charge on any atom is -0.463 e. The summed E-state index contributed by atoms with van der Waals surface area (Å²) >= 11 is 1.58. The number of carbonyl (C=O) groups excluding carboxylic acids is 2. The zero-order valence-electron chi connectivity index (χ0n) is 12.4. The van der Waals surface area contributed by atoms with Gasteiger partial charge in [0.05, 0.1) is 25.0 Å². The van der Waals surface area contributed by atoms with Crippen LogP contribution in [0.15, 0.2) is 0 Å². The fourth-order valence-electron chi connectivity index (χ4n) is 1.15. The summed E-state index contributed by atoms with van der Waals surface area (Å²) in [6.45, 7) is 7.73. The molecule has 0 saturated heterocycles. The second-order valence-electron chi connectivity index (χ2n) is 4.53. The Labute approximate surface area is 120 Å². The van der Waals surface area contributed by atoms with E-state index in [1.54, 1.807) is 11.8 Å². The van der Waals surface area contributed by atoms with E-state index in [1.165, 1.54) is 0 Å². The molecule has 0 aliphatic rings. The van der Waals surface area contributed by atoms with Crippen LogP contribution in [-0.4, -0.2) is 35.7 Å². The maximum absolute atomic E-state index is 11.4. The average molecular weight is 290 g/mol. The van der Waals surface area contributed by atoms with Gasteiger partial charge in [-0.05, 0) is 26.7 Å². The number of rotatable bonds is 10. The number of hydrogen-bond acceptors (Lipinski definition) is 5. The van der Waals surface area contributed by atoms with E-state index >= 15 is 0 Å². The predicted molar refractivity (Wildman–Crippen MR) is 78.2 cm³/mol. The van der Waals surface area contributed by atoms with Crippen molar-refractivity contribution in [1.29, 1.82) is 0 Å². The van der Waals surface area contributed by atoms with E-state index in [4.69, 9.17) is 9.47 Å². The monoisotopic (exact) mass is 290 g/mol. The van der Waals surface area contributed by atoms with E-state index in [2.05, 4.69) is 0 Å². The van der Waals surface area contributed by atoms with Crippen LogP contribution in [0.25, 0.3) is 0 Å². The van der Waals surface area contributed by atoms with Gasteiger partial charge in [0.1, 0.15) is 0 Å². The van der Waals surface area contributed by atoms with Gasteiger partial charge < -0.3 is 9.47 Å². The third-order valence-corrected chi connectivity index (χ3v) is 3.70. The maximum Gasteiger partial charge on any atom is 0.306 e. The minimum atomic E-state index is -0.163. The van der Waals surface area contributed by atoms with Crippen molar-refractivity contribution in [2.45, 2.75) is 65.6 Å². The van der Waals surface area contributed by atoms with Crippen LogP contribution < -0.4 is 0 Å². The van der Waals surface area contributed by atoms with Crippen LogP contribution in [-0.2, 0) is 19.1 Å². The molecule has 0 amide bonds. The van der Waals surface area contributed by atoms with E-state index in [1.807, 2.05) is 27.7 Å². The molecule has 2 unspecified atom stereocenters. The maximum atomic E-state index is 11.4. The molecular formula is C14H26O4S. The molecule has 0 spiro atoms. The second-order valence-corrected chi connectivity index (χ2v) is 5.75. The zero-order valence-corrected chi connectivity index (χ0v) is 13.3. The molecule has 0 aromatic heterocycles. The molecule has 0 aliphatic heterocycles. The van der Waals surface area contributed by atoms with Gasteiger partial charge in [-0.15, -0.1) is 0 Å². The van der Waals surface area contributed by atoms with E-state index in [0.717, 1.165) is 12.8 Å². The van der Waals surface area contributed by atoms with Gasteiger partial charge >= 0.3 is 11.9 Å². The fourth-order valence-corrected chi connectivity index (χ4v) is 1.97. The Balaban J connectivity index is 3.49. The molecule has 0 fully saturated rings. The van der Waals surface area contributed by atoms with Crippen molar-refractivity contribution in [3.8, 4) is 0 Å². The molecule has 0 aliphatic carbocycles. The van der Waals surface area contributed by atoms with Gasteiger partial charge in [-0.3, -0.25) is 9.59 Å². The fraction of sp³-hybridized carbons (Fsp3) is 0.857. The number of hydrogen-bond donors (Lipinski definition) is 0. The zero-order chi connectivity index (χ0) is 14.7.